The number of rotatable bonds is 1. The first-order valence-corrected chi connectivity index (χ1v) is 5.48. The van der Waals surface area contributed by atoms with E-state index in [1.54, 1.807) is 6.07 Å². The predicted octanol–water partition coefficient (Wildman–Crippen LogP) is 2.33. The third-order valence-corrected chi connectivity index (χ3v) is 2.72. The fourth-order valence-corrected chi connectivity index (χ4v) is 1.72. The van der Waals surface area contributed by atoms with Gasteiger partial charge in [-0.3, -0.25) is 0 Å². The Morgan fingerprint density at radius 3 is 2.27 bits per heavy atom. The van der Waals surface area contributed by atoms with E-state index in [-0.39, 0.29) is 0 Å². The zero-order chi connectivity index (χ0) is 8.43. The Balaban J connectivity index is 3.17. The van der Waals surface area contributed by atoms with Gasteiger partial charge in [0.15, 0.2) is 11.6 Å². The van der Waals surface area contributed by atoms with Crippen molar-refractivity contribution >= 4 is 13.2 Å². The summed E-state index contributed by atoms with van der Waals surface area (Å²) in [6.07, 6.45) is 0. The summed E-state index contributed by atoms with van der Waals surface area (Å²) in [7, 11) is -0.548. The molecular weight excluding hydrogens is 165 g/mol. The van der Waals surface area contributed by atoms with Crippen LogP contribution in [0.4, 0.5) is 8.78 Å². The highest BCUT2D eigenvalue weighted by atomic mass is 31.1. The average Bonchev–Trinajstić information content (AvgIpc) is 1.94. The molecule has 0 aliphatic rings. The molecule has 0 aliphatic carbocycles. The summed E-state index contributed by atoms with van der Waals surface area (Å²) in [5.74, 6) is -1.44. The minimum absolute atomic E-state index is 0.500. The normalized spacial score (nSPS) is 10.6. The highest BCUT2D eigenvalue weighted by Crippen LogP contribution is 2.25. The zero-order valence-electron chi connectivity index (χ0n) is 6.44. The van der Waals surface area contributed by atoms with E-state index in [2.05, 4.69) is 0 Å². The monoisotopic (exact) mass is 174 g/mol. The molecule has 0 bridgehead atoms. The van der Waals surface area contributed by atoms with Crippen molar-refractivity contribution in [1.82, 2.24) is 0 Å². The maximum absolute atomic E-state index is 12.9. The van der Waals surface area contributed by atoms with Crippen LogP contribution in [0, 0.1) is 11.6 Å². The highest BCUT2D eigenvalue weighted by molar-refractivity contribution is 7.64. The summed E-state index contributed by atoms with van der Waals surface area (Å²) in [4.78, 5) is 0. The molecule has 0 unspecified atom stereocenters. The maximum atomic E-state index is 12.9. The Labute approximate surface area is 66.0 Å². The summed E-state index contributed by atoms with van der Waals surface area (Å²) in [5.41, 5.74) is 0. The van der Waals surface area contributed by atoms with E-state index in [1.165, 1.54) is 6.07 Å². The lowest BCUT2D eigenvalue weighted by Crippen LogP contribution is -2.07. The number of hydrogen-bond donors (Lipinski definition) is 0. The lowest BCUT2D eigenvalue weighted by Gasteiger charge is -2.06. The third kappa shape index (κ3) is 1.75. The lowest BCUT2D eigenvalue weighted by molar-refractivity contribution is 0.514. The van der Waals surface area contributed by atoms with E-state index < -0.39 is 19.6 Å². The molecule has 0 saturated heterocycles. The van der Waals surface area contributed by atoms with Gasteiger partial charge in [-0.05, 0) is 19.4 Å². The molecule has 0 saturated carbocycles. The molecule has 0 N–H and O–H groups in total. The fraction of sp³-hybridized carbons (Fsp3) is 0.250. The van der Waals surface area contributed by atoms with Crippen LogP contribution in [-0.4, -0.2) is 13.3 Å². The Morgan fingerprint density at radius 2 is 1.82 bits per heavy atom. The number of benzene rings is 1. The van der Waals surface area contributed by atoms with Gasteiger partial charge in [-0.2, -0.15) is 0 Å². The maximum Gasteiger partial charge on any atom is 0.166 e. The van der Waals surface area contributed by atoms with Gasteiger partial charge in [0.1, 0.15) is 0 Å². The van der Waals surface area contributed by atoms with Gasteiger partial charge < -0.3 is 0 Å². The minimum Gasteiger partial charge on any atom is -0.204 e. The van der Waals surface area contributed by atoms with Crippen molar-refractivity contribution < 1.29 is 8.78 Å². The second-order valence-electron chi connectivity index (χ2n) is 2.47. The Kier molecular flexibility index (Phi) is 2.56. The molecular formula is C8H9F2P. The van der Waals surface area contributed by atoms with Crippen LogP contribution in [0.25, 0.3) is 0 Å². The van der Waals surface area contributed by atoms with E-state index in [1.807, 2.05) is 13.3 Å². The molecule has 1 rings (SSSR count). The quantitative estimate of drug-likeness (QED) is 0.573. The highest BCUT2D eigenvalue weighted by Gasteiger charge is 2.09. The van der Waals surface area contributed by atoms with Crippen molar-refractivity contribution in [1.29, 1.82) is 0 Å². The van der Waals surface area contributed by atoms with Gasteiger partial charge in [0.2, 0.25) is 0 Å². The first-order valence-electron chi connectivity index (χ1n) is 3.24. The van der Waals surface area contributed by atoms with Crippen molar-refractivity contribution in [2.24, 2.45) is 0 Å². The molecule has 1 aromatic carbocycles. The van der Waals surface area contributed by atoms with Crippen LogP contribution in [0.5, 0.6) is 0 Å². The van der Waals surface area contributed by atoms with Crippen molar-refractivity contribution in [2.75, 3.05) is 13.3 Å². The number of halogens is 2. The second-order valence-corrected chi connectivity index (χ2v) is 4.74. The van der Waals surface area contributed by atoms with Crippen molar-refractivity contribution in [3.63, 3.8) is 0 Å². The van der Waals surface area contributed by atoms with Gasteiger partial charge in [-0.15, -0.1) is 0 Å². The molecule has 60 valence electrons. The van der Waals surface area contributed by atoms with Crippen molar-refractivity contribution in [3.8, 4) is 0 Å². The smallest absolute Gasteiger partial charge is 0.166 e. The van der Waals surface area contributed by atoms with Crippen molar-refractivity contribution in [2.45, 2.75) is 0 Å². The SMILES string of the molecule is CP(C)c1cccc(F)c1F. The average molecular weight is 174 g/mol. The van der Waals surface area contributed by atoms with Gasteiger partial charge in [-0.25, -0.2) is 8.78 Å². The Bertz CT molecular complexity index is 258. The van der Waals surface area contributed by atoms with Crippen LogP contribution in [0.15, 0.2) is 18.2 Å². The van der Waals surface area contributed by atoms with Crippen LogP contribution in [0.3, 0.4) is 0 Å². The number of hydrogen-bond acceptors (Lipinski definition) is 0. The molecule has 0 radical (unpaired) electrons. The van der Waals surface area contributed by atoms with E-state index >= 15 is 0 Å². The Hall–Kier alpha value is -0.490. The molecule has 3 heteroatoms. The summed E-state index contributed by atoms with van der Waals surface area (Å²) >= 11 is 0. The van der Waals surface area contributed by atoms with Gasteiger partial charge in [0.25, 0.3) is 0 Å². The topological polar surface area (TPSA) is 0 Å². The first kappa shape index (κ1) is 8.61. The van der Waals surface area contributed by atoms with Crippen LogP contribution in [0.2, 0.25) is 0 Å². The third-order valence-electron chi connectivity index (χ3n) is 1.41. The Morgan fingerprint density at radius 1 is 1.18 bits per heavy atom. The molecule has 0 nitrogen and oxygen atoms in total. The fourth-order valence-electron chi connectivity index (χ4n) is 0.838. The predicted molar refractivity (Wildman–Crippen MR) is 44.8 cm³/mol. The van der Waals surface area contributed by atoms with Crippen LogP contribution in [0.1, 0.15) is 0 Å². The van der Waals surface area contributed by atoms with E-state index in [0.717, 1.165) is 6.07 Å². The summed E-state index contributed by atoms with van der Waals surface area (Å²) in [6.45, 7) is 3.79. The molecule has 0 aliphatic heterocycles. The van der Waals surface area contributed by atoms with E-state index in [0.29, 0.717) is 5.30 Å². The van der Waals surface area contributed by atoms with Crippen molar-refractivity contribution in [3.05, 3.63) is 29.8 Å². The zero-order valence-corrected chi connectivity index (χ0v) is 7.33. The molecule has 0 heterocycles. The van der Waals surface area contributed by atoms with Crippen LogP contribution >= 0.6 is 7.92 Å². The molecule has 0 atom stereocenters. The minimum atomic E-state index is -0.751. The largest absolute Gasteiger partial charge is 0.204 e. The van der Waals surface area contributed by atoms with Gasteiger partial charge >= 0.3 is 0 Å². The summed E-state index contributed by atoms with van der Waals surface area (Å²) < 4.78 is 25.5. The molecule has 0 amide bonds. The van der Waals surface area contributed by atoms with Gasteiger partial charge in [0.05, 0.1) is 0 Å². The molecule has 1 aromatic rings. The molecule has 0 spiro atoms. The first-order chi connectivity index (χ1) is 5.13. The van der Waals surface area contributed by atoms with Gasteiger partial charge in [-0.1, -0.05) is 20.1 Å². The summed E-state index contributed by atoms with van der Waals surface area (Å²) in [6, 6.07) is 4.30. The standard InChI is InChI=1S/C8H9F2P/c1-11(2)7-5-3-4-6(9)8(7)10/h3-5H,1-2H3. The molecule has 0 fully saturated rings. The lowest BCUT2D eigenvalue weighted by atomic mass is 10.3. The van der Waals surface area contributed by atoms with Gasteiger partial charge in [0, 0.05) is 5.30 Å². The second kappa shape index (κ2) is 3.27. The van der Waals surface area contributed by atoms with E-state index in [4.69, 9.17) is 0 Å². The molecule has 11 heavy (non-hydrogen) atoms. The van der Waals surface area contributed by atoms with Crippen LogP contribution < -0.4 is 5.30 Å². The molecule has 0 aromatic heterocycles. The van der Waals surface area contributed by atoms with Crippen LogP contribution in [-0.2, 0) is 0 Å². The summed E-state index contributed by atoms with van der Waals surface area (Å²) in [5, 5.41) is 0.500. The van der Waals surface area contributed by atoms with E-state index in [9.17, 15) is 8.78 Å².